The fourth-order valence-electron chi connectivity index (χ4n) is 2.07. The summed E-state index contributed by atoms with van der Waals surface area (Å²) in [5, 5.41) is 0. The fraction of sp³-hybridized carbons (Fsp3) is 0.312. The van der Waals surface area contributed by atoms with Crippen molar-refractivity contribution in [3.63, 3.8) is 0 Å². The standard InChI is InChI=1S/C16H18ClNOS/c1-12-4-3-5-13(10-12)6-9-16(19)18(2)11-14-7-8-15(17)20-14/h3-5,7-8,10H,6,9,11H2,1-2H3. The van der Waals surface area contributed by atoms with Gasteiger partial charge in [0.05, 0.1) is 10.9 Å². The van der Waals surface area contributed by atoms with E-state index in [1.807, 2.05) is 25.2 Å². The van der Waals surface area contributed by atoms with Crippen LogP contribution in [-0.4, -0.2) is 17.9 Å². The summed E-state index contributed by atoms with van der Waals surface area (Å²) in [5.41, 5.74) is 2.45. The molecule has 1 aromatic carbocycles. The number of rotatable bonds is 5. The molecule has 0 saturated heterocycles. The summed E-state index contributed by atoms with van der Waals surface area (Å²) in [5.74, 6) is 0.163. The zero-order valence-electron chi connectivity index (χ0n) is 11.7. The van der Waals surface area contributed by atoms with Crippen molar-refractivity contribution >= 4 is 28.8 Å². The second-order valence-electron chi connectivity index (χ2n) is 4.94. The Hall–Kier alpha value is -1.32. The molecule has 0 spiro atoms. The maximum Gasteiger partial charge on any atom is 0.222 e. The predicted molar refractivity (Wildman–Crippen MR) is 85.3 cm³/mol. The van der Waals surface area contributed by atoms with Crippen molar-refractivity contribution in [3.8, 4) is 0 Å². The molecule has 0 unspecified atom stereocenters. The first-order valence-electron chi connectivity index (χ1n) is 6.58. The van der Waals surface area contributed by atoms with E-state index in [9.17, 15) is 4.79 Å². The van der Waals surface area contributed by atoms with Crippen LogP contribution in [0.1, 0.15) is 22.4 Å². The molecule has 0 aliphatic carbocycles. The molecule has 0 bridgehead atoms. The fourth-order valence-corrected chi connectivity index (χ4v) is 3.21. The molecule has 106 valence electrons. The molecule has 0 N–H and O–H groups in total. The van der Waals surface area contributed by atoms with Crippen LogP contribution in [0.2, 0.25) is 4.34 Å². The number of carbonyl (C=O) groups is 1. The van der Waals surface area contributed by atoms with Gasteiger partial charge >= 0.3 is 0 Å². The Morgan fingerprint density at radius 3 is 2.75 bits per heavy atom. The highest BCUT2D eigenvalue weighted by atomic mass is 35.5. The van der Waals surface area contributed by atoms with Crippen LogP contribution in [0.15, 0.2) is 36.4 Å². The van der Waals surface area contributed by atoms with E-state index in [4.69, 9.17) is 11.6 Å². The molecule has 0 saturated carbocycles. The first-order chi connectivity index (χ1) is 9.54. The zero-order valence-corrected chi connectivity index (χ0v) is 13.3. The van der Waals surface area contributed by atoms with Crippen molar-refractivity contribution in [1.82, 2.24) is 4.90 Å². The number of carbonyl (C=O) groups excluding carboxylic acids is 1. The first kappa shape index (κ1) is 15.1. The largest absolute Gasteiger partial charge is 0.341 e. The molecule has 2 nitrogen and oxygen atoms in total. The second kappa shape index (κ2) is 6.91. The topological polar surface area (TPSA) is 20.3 Å². The molecule has 0 aliphatic rings. The number of nitrogens with zero attached hydrogens (tertiary/aromatic N) is 1. The summed E-state index contributed by atoms with van der Waals surface area (Å²) in [4.78, 5) is 15.0. The Morgan fingerprint density at radius 2 is 2.10 bits per heavy atom. The van der Waals surface area contributed by atoms with Gasteiger partial charge in [0.2, 0.25) is 5.91 Å². The number of hydrogen-bond donors (Lipinski definition) is 0. The summed E-state index contributed by atoms with van der Waals surface area (Å²) in [6.07, 6.45) is 1.33. The third kappa shape index (κ3) is 4.36. The average Bonchev–Trinajstić information content (AvgIpc) is 2.81. The van der Waals surface area contributed by atoms with Gasteiger partial charge in [0.25, 0.3) is 0 Å². The van der Waals surface area contributed by atoms with Gasteiger partial charge in [-0.3, -0.25) is 4.79 Å². The molecule has 2 rings (SSSR count). The van der Waals surface area contributed by atoms with Crippen LogP contribution in [-0.2, 0) is 17.8 Å². The van der Waals surface area contributed by atoms with E-state index in [1.165, 1.54) is 22.5 Å². The van der Waals surface area contributed by atoms with Gasteiger partial charge in [-0.2, -0.15) is 0 Å². The highest BCUT2D eigenvalue weighted by molar-refractivity contribution is 7.16. The van der Waals surface area contributed by atoms with E-state index in [-0.39, 0.29) is 5.91 Å². The summed E-state index contributed by atoms with van der Waals surface area (Å²) in [6, 6.07) is 12.1. The average molecular weight is 308 g/mol. The van der Waals surface area contributed by atoms with Crippen molar-refractivity contribution in [3.05, 3.63) is 56.7 Å². The van der Waals surface area contributed by atoms with Crippen LogP contribution in [0.25, 0.3) is 0 Å². The smallest absolute Gasteiger partial charge is 0.222 e. The summed E-state index contributed by atoms with van der Waals surface area (Å²) < 4.78 is 0.764. The lowest BCUT2D eigenvalue weighted by molar-refractivity contribution is -0.130. The molecule has 0 aliphatic heterocycles. The zero-order chi connectivity index (χ0) is 14.5. The van der Waals surface area contributed by atoms with Gasteiger partial charge in [0.1, 0.15) is 0 Å². The normalized spacial score (nSPS) is 10.6. The van der Waals surface area contributed by atoms with Crippen LogP contribution < -0.4 is 0 Å². The Morgan fingerprint density at radius 1 is 1.30 bits per heavy atom. The molecule has 2 aromatic rings. The molecule has 20 heavy (non-hydrogen) atoms. The van der Waals surface area contributed by atoms with E-state index in [0.717, 1.165) is 15.6 Å². The summed E-state index contributed by atoms with van der Waals surface area (Å²) in [6.45, 7) is 2.70. The van der Waals surface area contributed by atoms with Crippen LogP contribution in [0.5, 0.6) is 0 Å². The highest BCUT2D eigenvalue weighted by Crippen LogP contribution is 2.22. The van der Waals surface area contributed by atoms with E-state index in [1.54, 1.807) is 4.90 Å². The Bertz CT molecular complexity index is 594. The number of aryl methyl sites for hydroxylation is 2. The Kier molecular flexibility index (Phi) is 5.21. The van der Waals surface area contributed by atoms with Crippen LogP contribution in [0, 0.1) is 6.92 Å². The van der Waals surface area contributed by atoms with Gasteiger partial charge in [0, 0.05) is 18.3 Å². The highest BCUT2D eigenvalue weighted by Gasteiger charge is 2.10. The van der Waals surface area contributed by atoms with Gasteiger partial charge in [-0.15, -0.1) is 11.3 Å². The quantitative estimate of drug-likeness (QED) is 0.806. The Labute approximate surface area is 129 Å². The van der Waals surface area contributed by atoms with Crippen LogP contribution in [0.3, 0.4) is 0 Å². The molecular formula is C16H18ClNOS. The van der Waals surface area contributed by atoms with E-state index in [2.05, 4.69) is 25.1 Å². The number of benzene rings is 1. The Balaban J connectivity index is 1.85. The van der Waals surface area contributed by atoms with Crippen molar-refractivity contribution in [2.75, 3.05) is 7.05 Å². The molecule has 1 aromatic heterocycles. The number of halogens is 1. The van der Waals surface area contributed by atoms with E-state index >= 15 is 0 Å². The first-order valence-corrected chi connectivity index (χ1v) is 7.78. The van der Waals surface area contributed by atoms with Crippen molar-refractivity contribution in [1.29, 1.82) is 0 Å². The minimum absolute atomic E-state index is 0.163. The lowest BCUT2D eigenvalue weighted by atomic mass is 10.1. The van der Waals surface area contributed by atoms with Gasteiger partial charge < -0.3 is 4.90 Å². The predicted octanol–water partition coefficient (Wildman–Crippen LogP) is 4.30. The molecule has 1 amide bonds. The summed E-state index contributed by atoms with van der Waals surface area (Å²) >= 11 is 7.42. The minimum atomic E-state index is 0.163. The number of thiophene rings is 1. The van der Waals surface area contributed by atoms with Crippen molar-refractivity contribution in [2.24, 2.45) is 0 Å². The lowest BCUT2D eigenvalue weighted by Gasteiger charge is -2.16. The SMILES string of the molecule is Cc1cccc(CCC(=O)N(C)Cc2ccc(Cl)s2)c1. The lowest BCUT2D eigenvalue weighted by Crippen LogP contribution is -2.25. The molecule has 0 radical (unpaired) electrons. The van der Waals surface area contributed by atoms with Gasteiger partial charge in [-0.25, -0.2) is 0 Å². The maximum atomic E-state index is 12.1. The molecule has 0 atom stereocenters. The maximum absolute atomic E-state index is 12.1. The number of amides is 1. The molecular weight excluding hydrogens is 290 g/mol. The van der Waals surface area contributed by atoms with Gasteiger partial charge in [0.15, 0.2) is 0 Å². The van der Waals surface area contributed by atoms with Crippen LogP contribution >= 0.6 is 22.9 Å². The van der Waals surface area contributed by atoms with Crippen molar-refractivity contribution < 1.29 is 4.79 Å². The monoisotopic (exact) mass is 307 g/mol. The van der Waals surface area contributed by atoms with E-state index < -0.39 is 0 Å². The van der Waals surface area contributed by atoms with Crippen molar-refractivity contribution in [2.45, 2.75) is 26.3 Å². The third-order valence-electron chi connectivity index (χ3n) is 3.16. The third-order valence-corrected chi connectivity index (χ3v) is 4.37. The number of hydrogen-bond acceptors (Lipinski definition) is 2. The van der Waals surface area contributed by atoms with E-state index in [0.29, 0.717) is 13.0 Å². The molecule has 4 heteroatoms. The molecule has 0 fully saturated rings. The van der Waals surface area contributed by atoms with Crippen LogP contribution in [0.4, 0.5) is 0 Å². The second-order valence-corrected chi connectivity index (χ2v) is 6.74. The summed E-state index contributed by atoms with van der Waals surface area (Å²) in [7, 11) is 1.84. The van der Waals surface area contributed by atoms with Gasteiger partial charge in [-0.1, -0.05) is 41.4 Å². The van der Waals surface area contributed by atoms with Gasteiger partial charge in [-0.05, 0) is 31.0 Å². The minimum Gasteiger partial charge on any atom is -0.341 e. The molecule has 1 heterocycles.